The molecule has 2 amide bonds. The van der Waals surface area contributed by atoms with Crippen molar-refractivity contribution in [1.82, 2.24) is 14.8 Å². The second-order valence-corrected chi connectivity index (χ2v) is 7.84. The first kappa shape index (κ1) is 20.3. The van der Waals surface area contributed by atoms with Crippen LogP contribution in [0, 0.1) is 0 Å². The molecule has 2 aromatic rings. The van der Waals surface area contributed by atoms with Gasteiger partial charge in [0.2, 0.25) is 11.8 Å². The van der Waals surface area contributed by atoms with E-state index in [1.807, 2.05) is 35.4 Å². The average molecular weight is 409 g/mol. The summed E-state index contributed by atoms with van der Waals surface area (Å²) in [5.41, 5.74) is 3.18. The van der Waals surface area contributed by atoms with Gasteiger partial charge in [-0.2, -0.15) is 0 Å². The molecule has 158 valence electrons. The predicted molar refractivity (Wildman–Crippen MR) is 114 cm³/mol. The fourth-order valence-electron chi connectivity index (χ4n) is 3.93. The summed E-state index contributed by atoms with van der Waals surface area (Å²) in [5.74, 6) is 1.06. The molecule has 1 fully saturated rings. The summed E-state index contributed by atoms with van der Waals surface area (Å²) < 4.78 is 5.82. The molecule has 0 bridgehead atoms. The summed E-state index contributed by atoms with van der Waals surface area (Å²) in [7, 11) is 0. The Hall–Kier alpha value is -2.93. The second kappa shape index (κ2) is 9.71. The van der Waals surface area contributed by atoms with Crippen molar-refractivity contribution in [3.8, 4) is 5.75 Å². The molecular formula is C23H28N4O3. The Bertz CT molecular complexity index is 879. The molecule has 7 heteroatoms. The number of benzene rings is 1. The predicted octanol–water partition coefficient (Wildman–Crippen LogP) is 2.47. The number of nitrogens with one attached hydrogen (secondary N) is 1. The molecule has 2 aliphatic heterocycles. The van der Waals surface area contributed by atoms with Crippen LogP contribution in [0.1, 0.15) is 30.4 Å². The molecule has 7 nitrogen and oxygen atoms in total. The van der Waals surface area contributed by atoms with Crippen molar-refractivity contribution >= 4 is 17.5 Å². The minimum Gasteiger partial charge on any atom is -0.494 e. The van der Waals surface area contributed by atoms with Crippen LogP contribution in [0.2, 0.25) is 0 Å². The van der Waals surface area contributed by atoms with Crippen LogP contribution in [0.25, 0.3) is 0 Å². The van der Waals surface area contributed by atoms with Crippen LogP contribution in [-0.4, -0.2) is 59.4 Å². The van der Waals surface area contributed by atoms with Gasteiger partial charge in [0.05, 0.1) is 6.61 Å². The van der Waals surface area contributed by atoms with Crippen molar-refractivity contribution in [2.75, 3.05) is 38.1 Å². The lowest BCUT2D eigenvalue weighted by molar-refractivity contribution is -0.133. The maximum absolute atomic E-state index is 12.5. The molecule has 3 heterocycles. The van der Waals surface area contributed by atoms with Crippen LogP contribution in [0.3, 0.4) is 0 Å². The maximum atomic E-state index is 12.5. The van der Waals surface area contributed by atoms with Crippen molar-refractivity contribution in [2.24, 2.45) is 0 Å². The van der Waals surface area contributed by atoms with Gasteiger partial charge in [-0.1, -0.05) is 6.07 Å². The average Bonchev–Trinajstić information content (AvgIpc) is 2.78. The largest absolute Gasteiger partial charge is 0.494 e. The number of fused-ring (bicyclic) bond motifs is 1. The number of rotatable bonds is 7. The van der Waals surface area contributed by atoms with Crippen molar-refractivity contribution in [3.05, 3.63) is 53.9 Å². The van der Waals surface area contributed by atoms with Crippen molar-refractivity contribution in [3.63, 3.8) is 0 Å². The van der Waals surface area contributed by atoms with Crippen LogP contribution >= 0.6 is 0 Å². The normalized spacial score (nSPS) is 16.7. The quantitative estimate of drug-likeness (QED) is 0.713. The fourth-order valence-corrected chi connectivity index (χ4v) is 3.93. The Balaban J connectivity index is 1.15. The molecule has 1 aromatic heterocycles. The number of amides is 2. The van der Waals surface area contributed by atoms with Crippen LogP contribution in [0.5, 0.6) is 5.75 Å². The highest BCUT2D eigenvalue weighted by Crippen LogP contribution is 2.26. The van der Waals surface area contributed by atoms with Gasteiger partial charge in [0.1, 0.15) is 5.75 Å². The van der Waals surface area contributed by atoms with Gasteiger partial charge >= 0.3 is 0 Å². The zero-order valence-electron chi connectivity index (χ0n) is 17.2. The van der Waals surface area contributed by atoms with E-state index in [9.17, 15) is 9.59 Å². The minimum atomic E-state index is 0.0626. The van der Waals surface area contributed by atoms with E-state index in [0.29, 0.717) is 25.9 Å². The third-order valence-electron chi connectivity index (χ3n) is 5.63. The van der Waals surface area contributed by atoms with E-state index in [1.165, 1.54) is 5.56 Å². The van der Waals surface area contributed by atoms with E-state index in [2.05, 4.69) is 21.3 Å². The summed E-state index contributed by atoms with van der Waals surface area (Å²) in [6.07, 6.45) is 6.14. The number of piperazine rings is 1. The number of nitrogens with zero attached hydrogens (tertiary/aromatic N) is 3. The number of aromatic nitrogens is 1. The molecule has 1 N–H and O–H groups in total. The molecule has 0 saturated carbocycles. The van der Waals surface area contributed by atoms with E-state index in [1.54, 1.807) is 6.20 Å². The molecule has 0 atom stereocenters. The standard InChI is InChI=1S/C23H28N4O3/c28-22-8-5-19-15-20(6-7-21(19)25-22)30-14-2-4-23(29)27-12-10-26(11-13-27)17-18-3-1-9-24-16-18/h1,3,6-7,9,15-16H,2,4-5,8,10-14,17H2,(H,25,28). The van der Waals surface area contributed by atoms with Crippen LogP contribution in [0.15, 0.2) is 42.7 Å². The lowest BCUT2D eigenvalue weighted by Crippen LogP contribution is -2.48. The van der Waals surface area contributed by atoms with E-state index < -0.39 is 0 Å². The molecule has 0 aliphatic carbocycles. The third-order valence-corrected chi connectivity index (χ3v) is 5.63. The lowest BCUT2D eigenvalue weighted by Gasteiger charge is -2.34. The molecule has 4 rings (SSSR count). The summed E-state index contributed by atoms with van der Waals surface area (Å²) >= 11 is 0. The number of pyridine rings is 1. The summed E-state index contributed by atoms with van der Waals surface area (Å²) in [6.45, 7) is 4.73. The third kappa shape index (κ3) is 5.36. The Kier molecular flexibility index (Phi) is 6.59. The van der Waals surface area contributed by atoms with E-state index in [4.69, 9.17) is 4.74 Å². The number of ether oxygens (including phenoxy) is 1. The van der Waals surface area contributed by atoms with E-state index in [-0.39, 0.29) is 11.8 Å². The van der Waals surface area contributed by atoms with Crippen molar-refractivity contribution in [2.45, 2.75) is 32.2 Å². The maximum Gasteiger partial charge on any atom is 0.224 e. The summed E-state index contributed by atoms with van der Waals surface area (Å²) in [4.78, 5) is 32.4. The van der Waals surface area contributed by atoms with Gasteiger partial charge in [0, 0.05) is 63.6 Å². The van der Waals surface area contributed by atoms with Gasteiger partial charge in [-0.15, -0.1) is 0 Å². The van der Waals surface area contributed by atoms with Crippen LogP contribution in [0.4, 0.5) is 5.69 Å². The first-order valence-electron chi connectivity index (χ1n) is 10.6. The number of hydrogen-bond acceptors (Lipinski definition) is 5. The molecule has 2 aliphatic rings. The first-order chi connectivity index (χ1) is 14.7. The Morgan fingerprint density at radius 2 is 2.00 bits per heavy atom. The molecule has 30 heavy (non-hydrogen) atoms. The number of aryl methyl sites for hydroxylation is 1. The van der Waals surface area contributed by atoms with E-state index in [0.717, 1.165) is 56.1 Å². The molecule has 0 spiro atoms. The second-order valence-electron chi connectivity index (χ2n) is 7.84. The number of anilines is 1. The smallest absolute Gasteiger partial charge is 0.224 e. The highest BCUT2D eigenvalue weighted by Gasteiger charge is 2.21. The number of hydrogen-bond donors (Lipinski definition) is 1. The minimum absolute atomic E-state index is 0.0626. The van der Waals surface area contributed by atoms with Crippen molar-refractivity contribution < 1.29 is 14.3 Å². The van der Waals surface area contributed by atoms with E-state index >= 15 is 0 Å². The van der Waals surface area contributed by atoms with Gasteiger partial charge in [-0.05, 0) is 48.2 Å². The lowest BCUT2D eigenvalue weighted by atomic mass is 10.0. The van der Waals surface area contributed by atoms with Gasteiger partial charge in [0.15, 0.2) is 0 Å². The molecule has 1 saturated heterocycles. The molecule has 1 aromatic carbocycles. The SMILES string of the molecule is O=C1CCc2cc(OCCCC(=O)N3CCN(Cc4cccnc4)CC3)ccc2N1. The van der Waals surface area contributed by atoms with Crippen molar-refractivity contribution in [1.29, 1.82) is 0 Å². The molecule has 0 radical (unpaired) electrons. The Labute approximate surface area is 177 Å². The Morgan fingerprint density at radius 3 is 2.80 bits per heavy atom. The summed E-state index contributed by atoms with van der Waals surface area (Å²) in [5, 5.41) is 2.87. The highest BCUT2D eigenvalue weighted by atomic mass is 16.5. The Morgan fingerprint density at radius 1 is 1.13 bits per heavy atom. The van der Waals surface area contributed by atoms with Gasteiger partial charge in [-0.3, -0.25) is 19.5 Å². The fraction of sp³-hybridized carbons (Fsp3) is 0.435. The molecular weight excluding hydrogens is 380 g/mol. The summed E-state index contributed by atoms with van der Waals surface area (Å²) in [6, 6.07) is 9.78. The topological polar surface area (TPSA) is 74.8 Å². The molecule has 0 unspecified atom stereocenters. The van der Waals surface area contributed by atoms with Gasteiger partial charge < -0.3 is 15.0 Å². The first-order valence-corrected chi connectivity index (χ1v) is 10.6. The van der Waals surface area contributed by atoms with Gasteiger partial charge in [-0.25, -0.2) is 0 Å². The van der Waals surface area contributed by atoms with Crippen LogP contribution < -0.4 is 10.1 Å². The highest BCUT2D eigenvalue weighted by molar-refractivity contribution is 5.94. The van der Waals surface area contributed by atoms with Crippen LogP contribution in [-0.2, 0) is 22.6 Å². The zero-order valence-corrected chi connectivity index (χ0v) is 17.2. The zero-order chi connectivity index (χ0) is 20.8. The number of carbonyl (C=O) groups is 2. The van der Waals surface area contributed by atoms with Gasteiger partial charge in [0.25, 0.3) is 0 Å². The number of carbonyl (C=O) groups excluding carboxylic acids is 2. The monoisotopic (exact) mass is 408 g/mol.